The summed E-state index contributed by atoms with van der Waals surface area (Å²) in [5.41, 5.74) is 1.44. The maximum Gasteiger partial charge on any atom is 0.255 e. The van der Waals surface area contributed by atoms with Gasteiger partial charge in [-0.2, -0.15) is 0 Å². The van der Waals surface area contributed by atoms with Crippen LogP contribution in [0.4, 0.5) is 0 Å². The second-order valence-electron chi connectivity index (χ2n) is 7.08. The predicted octanol–water partition coefficient (Wildman–Crippen LogP) is 3.44. The van der Waals surface area contributed by atoms with E-state index in [2.05, 4.69) is 11.4 Å². The molecule has 2 amide bonds. The van der Waals surface area contributed by atoms with Gasteiger partial charge in [0.15, 0.2) is 0 Å². The highest BCUT2D eigenvalue weighted by Gasteiger charge is 2.27. The van der Waals surface area contributed by atoms with Crippen molar-refractivity contribution >= 4 is 33.4 Å². The summed E-state index contributed by atoms with van der Waals surface area (Å²) in [6.45, 7) is 1.33. The quantitative estimate of drug-likeness (QED) is 0.701. The molecule has 1 fully saturated rings. The molecule has 150 valence electrons. The van der Waals surface area contributed by atoms with E-state index in [1.54, 1.807) is 35.6 Å². The van der Waals surface area contributed by atoms with Gasteiger partial charge < -0.3 is 15.0 Å². The number of carbonyl (C=O) groups is 2. The number of hydrogen-bond acceptors (Lipinski definition) is 5. The van der Waals surface area contributed by atoms with E-state index < -0.39 is 0 Å². The minimum atomic E-state index is -0.310. The standard InChI is InChI=1S/C22H23N3O3S/c1-28-18-10-4-2-8-16(18)21(27)23-13-20(26)25-12-6-7-15(14-25)22-24-17-9-3-5-11-19(17)29-22/h2-5,8-11,15H,6-7,12-14H2,1H3,(H,23,27)/t15-/m1/s1. The van der Waals surface area contributed by atoms with Gasteiger partial charge in [0, 0.05) is 19.0 Å². The van der Waals surface area contributed by atoms with Crippen LogP contribution in [-0.4, -0.2) is 48.4 Å². The SMILES string of the molecule is COc1ccccc1C(=O)NCC(=O)N1CCC[C@@H](c2nc3ccccc3s2)C1. The first-order chi connectivity index (χ1) is 14.2. The molecule has 1 aliphatic rings. The number of amides is 2. The minimum absolute atomic E-state index is 0.0244. The maximum atomic E-state index is 12.7. The van der Waals surface area contributed by atoms with Crippen molar-refractivity contribution in [1.82, 2.24) is 15.2 Å². The number of nitrogens with zero attached hydrogens (tertiary/aromatic N) is 2. The number of piperidine rings is 1. The van der Waals surface area contributed by atoms with Gasteiger partial charge in [0.2, 0.25) is 5.91 Å². The van der Waals surface area contributed by atoms with Crippen molar-refractivity contribution in [2.75, 3.05) is 26.7 Å². The maximum absolute atomic E-state index is 12.7. The van der Waals surface area contributed by atoms with Gasteiger partial charge in [-0.25, -0.2) is 4.98 Å². The zero-order valence-corrected chi connectivity index (χ0v) is 17.1. The third kappa shape index (κ3) is 4.24. The van der Waals surface area contributed by atoms with E-state index in [1.807, 2.05) is 23.1 Å². The van der Waals surface area contributed by atoms with E-state index in [-0.39, 0.29) is 24.3 Å². The lowest BCUT2D eigenvalue weighted by Crippen LogP contribution is -2.44. The largest absolute Gasteiger partial charge is 0.496 e. The summed E-state index contributed by atoms with van der Waals surface area (Å²) in [6, 6.07) is 15.1. The van der Waals surface area contributed by atoms with E-state index in [0.717, 1.165) is 23.4 Å². The number of methoxy groups -OCH3 is 1. The van der Waals surface area contributed by atoms with E-state index in [4.69, 9.17) is 9.72 Å². The fourth-order valence-electron chi connectivity index (χ4n) is 3.67. The minimum Gasteiger partial charge on any atom is -0.496 e. The van der Waals surface area contributed by atoms with Gasteiger partial charge in [0.05, 0.1) is 34.4 Å². The highest BCUT2D eigenvalue weighted by molar-refractivity contribution is 7.18. The van der Waals surface area contributed by atoms with Crippen LogP contribution in [0.25, 0.3) is 10.2 Å². The van der Waals surface area contributed by atoms with Crippen LogP contribution in [0, 0.1) is 0 Å². The fraction of sp³-hybridized carbons (Fsp3) is 0.318. The van der Waals surface area contributed by atoms with Crippen molar-refractivity contribution in [2.45, 2.75) is 18.8 Å². The zero-order chi connectivity index (χ0) is 20.2. The Labute approximate surface area is 173 Å². The first-order valence-corrected chi connectivity index (χ1v) is 10.5. The second kappa shape index (κ2) is 8.61. The van der Waals surface area contributed by atoms with Gasteiger partial charge in [-0.3, -0.25) is 9.59 Å². The Morgan fingerprint density at radius 1 is 1.21 bits per heavy atom. The number of ether oxygens (including phenoxy) is 1. The molecule has 29 heavy (non-hydrogen) atoms. The number of aromatic nitrogens is 1. The first-order valence-electron chi connectivity index (χ1n) is 9.70. The molecule has 2 aromatic carbocycles. The number of carbonyl (C=O) groups excluding carboxylic acids is 2. The molecule has 1 aliphatic heterocycles. The molecule has 1 atom stereocenters. The number of thiazole rings is 1. The van der Waals surface area contributed by atoms with Crippen molar-refractivity contribution in [1.29, 1.82) is 0 Å². The van der Waals surface area contributed by atoms with Gasteiger partial charge in [-0.05, 0) is 37.1 Å². The lowest BCUT2D eigenvalue weighted by atomic mass is 9.98. The van der Waals surface area contributed by atoms with E-state index in [1.165, 1.54) is 11.8 Å². The van der Waals surface area contributed by atoms with E-state index >= 15 is 0 Å². The normalized spacial score (nSPS) is 16.6. The number of likely N-dealkylation sites (tertiary alicyclic amines) is 1. The molecule has 0 radical (unpaired) electrons. The molecular weight excluding hydrogens is 386 g/mol. The van der Waals surface area contributed by atoms with Crippen LogP contribution in [-0.2, 0) is 4.79 Å². The molecule has 1 saturated heterocycles. The Morgan fingerprint density at radius 3 is 2.83 bits per heavy atom. The number of rotatable bonds is 5. The molecule has 6 nitrogen and oxygen atoms in total. The molecular formula is C22H23N3O3S. The average molecular weight is 410 g/mol. The van der Waals surface area contributed by atoms with Crippen molar-refractivity contribution in [3.8, 4) is 5.75 Å². The first kappa shape index (κ1) is 19.4. The Hall–Kier alpha value is -2.93. The number of benzene rings is 2. The van der Waals surface area contributed by atoms with Crippen LogP contribution in [0.15, 0.2) is 48.5 Å². The smallest absolute Gasteiger partial charge is 0.255 e. The summed E-state index contributed by atoms with van der Waals surface area (Å²) in [5.74, 6) is 0.357. The van der Waals surface area contributed by atoms with Gasteiger partial charge in [-0.15, -0.1) is 11.3 Å². The van der Waals surface area contributed by atoms with Crippen molar-refractivity contribution in [3.05, 3.63) is 59.1 Å². The van der Waals surface area contributed by atoms with Gasteiger partial charge >= 0.3 is 0 Å². The molecule has 2 heterocycles. The molecule has 3 aromatic rings. The Balaban J connectivity index is 1.38. The summed E-state index contributed by atoms with van der Waals surface area (Å²) < 4.78 is 6.39. The molecule has 1 aromatic heterocycles. The Morgan fingerprint density at radius 2 is 2.00 bits per heavy atom. The van der Waals surface area contributed by atoms with E-state index in [0.29, 0.717) is 24.4 Å². The monoisotopic (exact) mass is 409 g/mol. The van der Waals surface area contributed by atoms with Crippen molar-refractivity contribution in [3.63, 3.8) is 0 Å². The van der Waals surface area contributed by atoms with Crippen LogP contribution >= 0.6 is 11.3 Å². The molecule has 0 saturated carbocycles. The lowest BCUT2D eigenvalue weighted by molar-refractivity contribution is -0.131. The molecule has 0 bridgehead atoms. The van der Waals surface area contributed by atoms with Crippen LogP contribution in [0.1, 0.15) is 34.1 Å². The van der Waals surface area contributed by atoms with Gasteiger partial charge in [0.25, 0.3) is 5.91 Å². The highest BCUT2D eigenvalue weighted by atomic mass is 32.1. The summed E-state index contributed by atoms with van der Waals surface area (Å²) in [4.78, 5) is 31.7. The Kier molecular flexibility index (Phi) is 5.76. The molecule has 7 heteroatoms. The molecule has 1 N–H and O–H groups in total. The zero-order valence-electron chi connectivity index (χ0n) is 16.3. The molecule has 0 aliphatic carbocycles. The van der Waals surface area contributed by atoms with Crippen LogP contribution in [0.5, 0.6) is 5.75 Å². The summed E-state index contributed by atoms with van der Waals surface area (Å²) in [6.07, 6.45) is 1.96. The predicted molar refractivity (Wildman–Crippen MR) is 114 cm³/mol. The van der Waals surface area contributed by atoms with Gasteiger partial charge in [0.1, 0.15) is 5.75 Å². The summed E-state index contributed by atoms with van der Waals surface area (Å²) in [7, 11) is 1.52. The van der Waals surface area contributed by atoms with E-state index in [9.17, 15) is 9.59 Å². The average Bonchev–Trinajstić information content (AvgIpc) is 3.21. The van der Waals surface area contributed by atoms with Crippen LogP contribution < -0.4 is 10.1 Å². The molecule has 0 unspecified atom stereocenters. The van der Waals surface area contributed by atoms with Crippen LogP contribution in [0.2, 0.25) is 0 Å². The van der Waals surface area contributed by atoms with Crippen molar-refractivity contribution in [2.24, 2.45) is 0 Å². The number of nitrogens with one attached hydrogen (secondary N) is 1. The highest BCUT2D eigenvalue weighted by Crippen LogP contribution is 2.32. The fourth-order valence-corrected chi connectivity index (χ4v) is 4.76. The molecule has 4 rings (SSSR count). The number of hydrogen-bond donors (Lipinski definition) is 1. The Bertz CT molecular complexity index is 1000. The number of fused-ring (bicyclic) bond motifs is 1. The third-order valence-corrected chi connectivity index (χ3v) is 6.38. The second-order valence-corrected chi connectivity index (χ2v) is 8.14. The number of para-hydroxylation sites is 2. The van der Waals surface area contributed by atoms with Gasteiger partial charge in [-0.1, -0.05) is 24.3 Å². The lowest BCUT2D eigenvalue weighted by Gasteiger charge is -2.32. The topological polar surface area (TPSA) is 71.5 Å². The van der Waals surface area contributed by atoms with Crippen LogP contribution in [0.3, 0.4) is 0 Å². The summed E-state index contributed by atoms with van der Waals surface area (Å²) in [5, 5.41) is 3.81. The van der Waals surface area contributed by atoms with Crippen molar-refractivity contribution < 1.29 is 14.3 Å². The molecule has 0 spiro atoms. The third-order valence-electron chi connectivity index (χ3n) is 5.19. The summed E-state index contributed by atoms with van der Waals surface area (Å²) >= 11 is 1.70.